The Morgan fingerprint density at radius 2 is 2.31 bits per heavy atom. The molecular formula is C9H11N3S. The van der Waals surface area contributed by atoms with E-state index in [1.54, 1.807) is 6.34 Å². The van der Waals surface area contributed by atoms with Crippen molar-refractivity contribution in [2.75, 3.05) is 14.1 Å². The minimum atomic E-state index is 0.683. The van der Waals surface area contributed by atoms with Crippen LogP contribution in [0.25, 0.3) is 0 Å². The number of aryl methyl sites for hydroxylation is 1. The average molecular weight is 193 g/mol. The minimum Gasteiger partial charge on any atom is -0.369 e. The lowest BCUT2D eigenvalue weighted by Crippen LogP contribution is -2.06. The summed E-state index contributed by atoms with van der Waals surface area (Å²) in [7, 11) is 3.80. The molecular weight excluding hydrogens is 182 g/mol. The topological polar surface area (TPSA) is 39.4 Å². The normalized spacial score (nSPS) is 10.3. The van der Waals surface area contributed by atoms with Crippen LogP contribution in [-0.4, -0.2) is 25.3 Å². The van der Waals surface area contributed by atoms with Crippen LogP contribution in [-0.2, 0) is 0 Å². The molecule has 4 heteroatoms. The third-order valence-corrected chi connectivity index (χ3v) is 2.48. The highest BCUT2D eigenvalue weighted by molar-refractivity contribution is 7.14. The van der Waals surface area contributed by atoms with Crippen molar-refractivity contribution >= 4 is 22.7 Å². The Labute approximate surface area is 81.9 Å². The molecule has 0 aliphatic carbocycles. The number of rotatable bonds is 2. The van der Waals surface area contributed by atoms with Gasteiger partial charge in [-0.05, 0) is 17.9 Å². The molecule has 0 N–H and O–H groups in total. The number of hydrogen-bond acceptors (Lipinski definition) is 3. The van der Waals surface area contributed by atoms with Crippen LogP contribution in [0, 0.1) is 18.3 Å². The van der Waals surface area contributed by atoms with Crippen molar-refractivity contribution in [1.82, 2.24) is 4.90 Å². The Morgan fingerprint density at radius 1 is 1.62 bits per heavy atom. The third-order valence-electron chi connectivity index (χ3n) is 1.47. The van der Waals surface area contributed by atoms with E-state index in [0.29, 0.717) is 5.56 Å². The number of nitriles is 1. The van der Waals surface area contributed by atoms with Crippen molar-refractivity contribution in [3.8, 4) is 6.07 Å². The Morgan fingerprint density at radius 3 is 2.85 bits per heavy atom. The summed E-state index contributed by atoms with van der Waals surface area (Å²) in [4.78, 5) is 6.04. The maximum Gasteiger partial charge on any atom is 0.135 e. The highest BCUT2D eigenvalue weighted by atomic mass is 32.1. The second-order valence-corrected chi connectivity index (χ2v) is 3.78. The summed E-state index contributed by atoms with van der Waals surface area (Å²) in [5.74, 6) is 0. The lowest BCUT2D eigenvalue weighted by atomic mass is 10.2. The van der Waals surface area contributed by atoms with Crippen molar-refractivity contribution in [1.29, 1.82) is 5.26 Å². The van der Waals surface area contributed by atoms with Crippen LogP contribution in [0.5, 0.6) is 0 Å². The SMILES string of the molecule is Cc1csc(/N=C/N(C)C)c1C#N. The number of hydrogen-bond donors (Lipinski definition) is 0. The summed E-state index contributed by atoms with van der Waals surface area (Å²) in [5, 5.41) is 11.6. The fraction of sp³-hybridized carbons (Fsp3) is 0.333. The molecule has 0 spiro atoms. The zero-order valence-corrected chi connectivity index (χ0v) is 8.72. The standard InChI is InChI=1S/C9H11N3S/c1-7-5-13-9(8(7)4-10)11-6-12(2)3/h5-6H,1-3H3/b11-6+. The van der Waals surface area contributed by atoms with Gasteiger partial charge in [-0.25, -0.2) is 4.99 Å². The van der Waals surface area contributed by atoms with Gasteiger partial charge in [0.05, 0.1) is 11.9 Å². The lowest BCUT2D eigenvalue weighted by Gasteiger charge is -2.00. The molecule has 0 unspecified atom stereocenters. The summed E-state index contributed by atoms with van der Waals surface area (Å²) in [6.45, 7) is 1.92. The highest BCUT2D eigenvalue weighted by Gasteiger charge is 2.05. The van der Waals surface area contributed by atoms with Gasteiger partial charge in [0, 0.05) is 14.1 Å². The molecule has 1 aromatic rings. The lowest BCUT2D eigenvalue weighted by molar-refractivity contribution is 0.643. The molecule has 68 valence electrons. The molecule has 0 saturated carbocycles. The highest BCUT2D eigenvalue weighted by Crippen LogP contribution is 2.29. The van der Waals surface area contributed by atoms with Gasteiger partial charge in [-0.3, -0.25) is 0 Å². The van der Waals surface area contributed by atoms with Crippen molar-refractivity contribution in [3.05, 3.63) is 16.5 Å². The van der Waals surface area contributed by atoms with Crippen molar-refractivity contribution in [2.45, 2.75) is 6.92 Å². The largest absolute Gasteiger partial charge is 0.369 e. The van der Waals surface area contributed by atoms with Crippen LogP contribution in [0.2, 0.25) is 0 Å². The molecule has 0 saturated heterocycles. The first-order valence-corrected chi connectivity index (χ1v) is 4.72. The molecule has 1 heterocycles. The summed E-state index contributed by atoms with van der Waals surface area (Å²) in [6, 6.07) is 2.15. The fourth-order valence-corrected chi connectivity index (χ4v) is 1.67. The van der Waals surface area contributed by atoms with E-state index in [1.807, 2.05) is 31.3 Å². The summed E-state index contributed by atoms with van der Waals surface area (Å²) in [6.07, 6.45) is 1.70. The zero-order valence-electron chi connectivity index (χ0n) is 7.90. The van der Waals surface area contributed by atoms with E-state index < -0.39 is 0 Å². The van der Waals surface area contributed by atoms with Gasteiger partial charge >= 0.3 is 0 Å². The van der Waals surface area contributed by atoms with Crippen LogP contribution >= 0.6 is 11.3 Å². The van der Waals surface area contributed by atoms with E-state index in [1.165, 1.54) is 11.3 Å². The predicted molar refractivity (Wildman–Crippen MR) is 55.6 cm³/mol. The number of aliphatic imine (C=N–C) groups is 1. The first kappa shape index (κ1) is 9.75. The fourth-order valence-electron chi connectivity index (χ4n) is 0.830. The van der Waals surface area contributed by atoms with Gasteiger partial charge in [-0.2, -0.15) is 5.26 Å². The first-order valence-electron chi connectivity index (χ1n) is 3.84. The Hall–Kier alpha value is -1.34. The van der Waals surface area contributed by atoms with Gasteiger partial charge in [-0.15, -0.1) is 11.3 Å². The van der Waals surface area contributed by atoms with Crippen molar-refractivity contribution in [2.24, 2.45) is 4.99 Å². The molecule has 0 amide bonds. The smallest absolute Gasteiger partial charge is 0.135 e. The van der Waals surface area contributed by atoms with Gasteiger partial charge in [-0.1, -0.05) is 0 Å². The van der Waals surface area contributed by atoms with Gasteiger partial charge in [0.25, 0.3) is 0 Å². The van der Waals surface area contributed by atoms with Crippen LogP contribution < -0.4 is 0 Å². The van der Waals surface area contributed by atoms with Crippen molar-refractivity contribution < 1.29 is 0 Å². The van der Waals surface area contributed by atoms with E-state index >= 15 is 0 Å². The quantitative estimate of drug-likeness (QED) is 0.533. The average Bonchev–Trinajstić information content (AvgIpc) is 2.42. The van der Waals surface area contributed by atoms with Crippen molar-refractivity contribution in [3.63, 3.8) is 0 Å². The number of thiophene rings is 1. The van der Waals surface area contributed by atoms with Crippen LogP contribution in [0.15, 0.2) is 10.4 Å². The van der Waals surface area contributed by atoms with Gasteiger partial charge < -0.3 is 4.90 Å². The van der Waals surface area contributed by atoms with Crippen LogP contribution in [0.4, 0.5) is 5.00 Å². The van der Waals surface area contributed by atoms with Crippen LogP contribution in [0.3, 0.4) is 0 Å². The molecule has 0 aromatic carbocycles. The molecule has 0 radical (unpaired) electrons. The second kappa shape index (κ2) is 4.06. The maximum atomic E-state index is 8.82. The van der Waals surface area contributed by atoms with E-state index in [-0.39, 0.29) is 0 Å². The molecule has 0 atom stereocenters. The molecule has 3 nitrogen and oxygen atoms in total. The number of nitrogens with zero attached hydrogens (tertiary/aromatic N) is 3. The monoisotopic (exact) mass is 193 g/mol. The molecule has 1 aromatic heterocycles. The molecule has 0 aliphatic heterocycles. The van der Waals surface area contributed by atoms with Gasteiger partial charge in [0.2, 0.25) is 0 Å². The third kappa shape index (κ3) is 2.30. The van der Waals surface area contributed by atoms with Crippen LogP contribution in [0.1, 0.15) is 11.1 Å². The summed E-state index contributed by atoms with van der Waals surface area (Å²) in [5.41, 5.74) is 1.68. The van der Waals surface area contributed by atoms with E-state index in [0.717, 1.165) is 10.6 Å². The predicted octanol–water partition coefficient (Wildman–Crippen LogP) is 2.15. The first-order chi connectivity index (χ1) is 6.15. The molecule has 1 rings (SSSR count). The zero-order chi connectivity index (χ0) is 9.84. The summed E-state index contributed by atoms with van der Waals surface area (Å²) < 4.78 is 0. The van der Waals surface area contributed by atoms with E-state index in [4.69, 9.17) is 5.26 Å². The molecule has 0 fully saturated rings. The second-order valence-electron chi connectivity index (χ2n) is 2.92. The molecule has 13 heavy (non-hydrogen) atoms. The molecule has 0 aliphatic rings. The Balaban J connectivity index is 2.97. The minimum absolute atomic E-state index is 0.683. The van der Waals surface area contributed by atoms with E-state index in [2.05, 4.69) is 11.1 Å². The molecule has 0 bridgehead atoms. The van der Waals surface area contributed by atoms with E-state index in [9.17, 15) is 0 Å². The van der Waals surface area contributed by atoms with Gasteiger partial charge in [0.1, 0.15) is 11.1 Å². The Bertz CT molecular complexity index is 357. The van der Waals surface area contributed by atoms with Gasteiger partial charge in [0.15, 0.2) is 0 Å². The summed E-state index contributed by atoms with van der Waals surface area (Å²) >= 11 is 1.50. The Kier molecular flexibility index (Phi) is 3.04. The maximum absolute atomic E-state index is 8.82.